The maximum atomic E-state index is 12.4. The molecule has 0 fully saturated rings. The second-order valence-electron chi connectivity index (χ2n) is 6.53. The summed E-state index contributed by atoms with van der Waals surface area (Å²) in [6.45, 7) is 8.84. The van der Waals surface area contributed by atoms with Crippen molar-refractivity contribution in [3.05, 3.63) is 82.2 Å². The molecule has 0 spiro atoms. The lowest BCUT2D eigenvalue weighted by Crippen LogP contribution is -2.12. The Morgan fingerprint density at radius 3 is 2.28 bits per heavy atom. The van der Waals surface area contributed by atoms with Crippen LogP contribution in [0.4, 0.5) is 5.69 Å². The highest BCUT2D eigenvalue weighted by Gasteiger charge is 2.08. The number of nitrogens with one attached hydrogen (secondary N) is 1. The lowest BCUT2D eigenvalue weighted by Gasteiger charge is -2.09. The summed E-state index contributed by atoms with van der Waals surface area (Å²) in [6.07, 6.45) is 0. The first kappa shape index (κ1) is 17.0. The topological polar surface area (TPSA) is 46.9 Å². The summed E-state index contributed by atoms with van der Waals surface area (Å²) in [5.74, 6) is -0.0964. The Labute approximate surface area is 148 Å². The first-order chi connectivity index (χ1) is 11.9. The molecule has 0 aliphatic heterocycles. The van der Waals surface area contributed by atoms with Crippen molar-refractivity contribution in [3.63, 3.8) is 0 Å². The highest BCUT2D eigenvalue weighted by atomic mass is 16.1. The normalized spacial score (nSPS) is 10.7. The highest BCUT2D eigenvalue weighted by Crippen LogP contribution is 2.16. The van der Waals surface area contributed by atoms with Crippen LogP contribution in [0.3, 0.4) is 0 Å². The average Bonchev–Trinajstić information content (AvgIpc) is 2.89. The lowest BCUT2D eigenvalue weighted by molar-refractivity contribution is 0.102. The van der Waals surface area contributed by atoms with E-state index >= 15 is 0 Å². The summed E-state index contributed by atoms with van der Waals surface area (Å²) in [5.41, 5.74) is 7.12. The van der Waals surface area contributed by atoms with Gasteiger partial charge in [0.25, 0.3) is 5.91 Å². The molecule has 1 N–H and O–H groups in total. The minimum Gasteiger partial charge on any atom is -0.322 e. The average molecular weight is 333 g/mol. The van der Waals surface area contributed by atoms with Crippen molar-refractivity contribution < 1.29 is 4.79 Å². The molecule has 25 heavy (non-hydrogen) atoms. The molecule has 3 aromatic rings. The number of aromatic nitrogens is 2. The molecule has 4 nitrogen and oxygen atoms in total. The predicted octanol–water partition coefficient (Wildman–Crippen LogP) is 4.42. The largest absolute Gasteiger partial charge is 0.322 e. The second-order valence-corrected chi connectivity index (χ2v) is 6.53. The lowest BCUT2D eigenvalue weighted by atomic mass is 10.1. The van der Waals surface area contributed by atoms with E-state index in [2.05, 4.69) is 23.4 Å². The van der Waals surface area contributed by atoms with Crippen molar-refractivity contribution in [3.8, 4) is 0 Å². The van der Waals surface area contributed by atoms with E-state index in [1.807, 2.05) is 67.9 Å². The first-order valence-corrected chi connectivity index (χ1v) is 8.41. The Bertz CT molecular complexity index is 907. The predicted molar refractivity (Wildman–Crippen MR) is 101 cm³/mol. The Morgan fingerprint density at radius 1 is 0.960 bits per heavy atom. The van der Waals surface area contributed by atoms with Gasteiger partial charge in [-0.15, -0.1) is 0 Å². The van der Waals surface area contributed by atoms with Crippen LogP contribution in [0.25, 0.3) is 0 Å². The maximum Gasteiger partial charge on any atom is 0.255 e. The molecule has 1 aromatic heterocycles. The fourth-order valence-electron chi connectivity index (χ4n) is 2.79. The van der Waals surface area contributed by atoms with Crippen molar-refractivity contribution in [2.75, 3.05) is 5.32 Å². The Morgan fingerprint density at radius 2 is 1.68 bits per heavy atom. The van der Waals surface area contributed by atoms with Crippen LogP contribution < -0.4 is 5.32 Å². The van der Waals surface area contributed by atoms with Crippen LogP contribution in [-0.4, -0.2) is 15.7 Å². The molecule has 3 rings (SSSR count). The van der Waals surface area contributed by atoms with Crippen LogP contribution in [0.15, 0.2) is 48.5 Å². The van der Waals surface area contributed by atoms with Gasteiger partial charge in [0.15, 0.2) is 0 Å². The number of anilines is 1. The van der Waals surface area contributed by atoms with E-state index in [1.54, 1.807) is 0 Å². The number of hydrogen-bond donors (Lipinski definition) is 1. The van der Waals surface area contributed by atoms with Gasteiger partial charge in [0.2, 0.25) is 0 Å². The van der Waals surface area contributed by atoms with Crippen molar-refractivity contribution in [1.82, 2.24) is 9.78 Å². The van der Waals surface area contributed by atoms with Crippen LogP contribution in [0, 0.1) is 27.7 Å². The van der Waals surface area contributed by atoms with E-state index in [-0.39, 0.29) is 5.91 Å². The fraction of sp³-hybridized carbons (Fsp3) is 0.238. The van der Waals surface area contributed by atoms with E-state index < -0.39 is 0 Å². The van der Waals surface area contributed by atoms with Crippen LogP contribution >= 0.6 is 0 Å². The van der Waals surface area contributed by atoms with Crippen LogP contribution in [0.2, 0.25) is 0 Å². The van der Waals surface area contributed by atoms with Crippen LogP contribution in [0.5, 0.6) is 0 Å². The van der Waals surface area contributed by atoms with Crippen LogP contribution in [0.1, 0.15) is 38.4 Å². The van der Waals surface area contributed by atoms with Gasteiger partial charge < -0.3 is 5.32 Å². The summed E-state index contributed by atoms with van der Waals surface area (Å²) in [7, 11) is 0. The van der Waals surface area contributed by atoms with Gasteiger partial charge in [-0.2, -0.15) is 5.10 Å². The van der Waals surface area contributed by atoms with Gasteiger partial charge in [-0.3, -0.25) is 9.48 Å². The van der Waals surface area contributed by atoms with Crippen molar-refractivity contribution in [1.29, 1.82) is 0 Å². The van der Waals surface area contributed by atoms with Gasteiger partial charge in [-0.1, -0.05) is 18.2 Å². The number of carbonyl (C=O) groups excluding carboxylic acids is 1. The van der Waals surface area contributed by atoms with Crippen molar-refractivity contribution >= 4 is 11.6 Å². The molecule has 0 aliphatic rings. The van der Waals surface area contributed by atoms with Crippen LogP contribution in [-0.2, 0) is 6.54 Å². The van der Waals surface area contributed by atoms with Gasteiger partial charge >= 0.3 is 0 Å². The number of nitrogens with zero attached hydrogens (tertiary/aromatic N) is 2. The Balaban J connectivity index is 1.69. The molecule has 1 heterocycles. The highest BCUT2D eigenvalue weighted by molar-refractivity contribution is 6.04. The quantitative estimate of drug-likeness (QED) is 0.768. The zero-order chi connectivity index (χ0) is 18.0. The zero-order valence-corrected chi connectivity index (χ0v) is 15.1. The molecule has 2 aromatic carbocycles. The number of hydrogen-bond acceptors (Lipinski definition) is 2. The number of aryl methyl sites for hydroxylation is 4. The summed E-state index contributed by atoms with van der Waals surface area (Å²) < 4.78 is 1.97. The minimum absolute atomic E-state index is 0.0964. The number of rotatable bonds is 4. The molecule has 0 aliphatic carbocycles. The number of benzene rings is 2. The van der Waals surface area contributed by atoms with E-state index in [1.165, 1.54) is 5.56 Å². The zero-order valence-electron chi connectivity index (χ0n) is 15.1. The number of carbonyl (C=O) groups is 1. The van der Waals surface area contributed by atoms with E-state index in [0.29, 0.717) is 12.1 Å². The number of amides is 1. The maximum absolute atomic E-state index is 12.4. The molecule has 0 atom stereocenters. The first-order valence-electron chi connectivity index (χ1n) is 8.41. The van der Waals surface area contributed by atoms with Crippen molar-refractivity contribution in [2.24, 2.45) is 0 Å². The molecule has 0 saturated carbocycles. The summed E-state index contributed by atoms with van der Waals surface area (Å²) >= 11 is 0. The van der Waals surface area contributed by atoms with E-state index in [4.69, 9.17) is 0 Å². The second kappa shape index (κ2) is 6.93. The minimum atomic E-state index is -0.0964. The molecule has 0 bridgehead atoms. The molecular weight excluding hydrogens is 310 g/mol. The molecule has 0 unspecified atom stereocenters. The Kier molecular flexibility index (Phi) is 4.70. The standard InChI is InChI=1S/C21H23N3O/c1-14-5-10-20(11-15(14)2)22-21(25)19-8-6-18(7-9-19)13-24-17(4)12-16(3)23-24/h5-12H,13H2,1-4H3,(H,22,25). The summed E-state index contributed by atoms with van der Waals surface area (Å²) in [4.78, 5) is 12.4. The van der Waals surface area contributed by atoms with Gasteiger partial charge in [-0.05, 0) is 74.7 Å². The van der Waals surface area contributed by atoms with E-state index in [0.717, 1.165) is 28.2 Å². The molecule has 128 valence electrons. The molecule has 1 amide bonds. The Hall–Kier alpha value is -2.88. The summed E-state index contributed by atoms with van der Waals surface area (Å²) in [6, 6.07) is 15.7. The smallest absolute Gasteiger partial charge is 0.255 e. The molecular formula is C21H23N3O. The molecule has 0 radical (unpaired) electrons. The van der Waals surface area contributed by atoms with Gasteiger partial charge in [0.05, 0.1) is 12.2 Å². The summed E-state index contributed by atoms with van der Waals surface area (Å²) in [5, 5.41) is 7.42. The molecule has 4 heteroatoms. The third-order valence-electron chi connectivity index (χ3n) is 4.42. The van der Waals surface area contributed by atoms with Crippen molar-refractivity contribution in [2.45, 2.75) is 34.2 Å². The van der Waals surface area contributed by atoms with Gasteiger partial charge in [-0.25, -0.2) is 0 Å². The third kappa shape index (κ3) is 3.97. The molecule has 0 saturated heterocycles. The SMILES string of the molecule is Cc1cc(C)n(Cc2ccc(C(=O)Nc3ccc(C)c(C)c3)cc2)n1. The van der Waals surface area contributed by atoms with Gasteiger partial charge in [0, 0.05) is 16.9 Å². The monoisotopic (exact) mass is 333 g/mol. The van der Waals surface area contributed by atoms with E-state index in [9.17, 15) is 4.79 Å². The fourth-order valence-corrected chi connectivity index (χ4v) is 2.79. The van der Waals surface area contributed by atoms with Gasteiger partial charge in [0.1, 0.15) is 0 Å². The third-order valence-corrected chi connectivity index (χ3v) is 4.42.